The molecule has 0 spiro atoms. The van der Waals surface area contributed by atoms with E-state index in [9.17, 15) is 4.79 Å². The second-order valence-corrected chi connectivity index (χ2v) is 4.23. The van der Waals surface area contributed by atoms with Crippen LogP contribution >= 0.6 is 0 Å². The summed E-state index contributed by atoms with van der Waals surface area (Å²) in [5.41, 5.74) is 3.91. The zero-order chi connectivity index (χ0) is 13.8. The quantitative estimate of drug-likeness (QED) is 0.563. The summed E-state index contributed by atoms with van der Waals surface area (Å²) in [7, 11) is 0. The molecule has 0 atom stereocenters. The van der Waals surface area contributed by atoms with Crippen molar-refractivity contribution in [1.29, 1.82) is 0 Å². The van der Waals surface area contributed by atoms with Crippen LogP contribution in [0.25, 0.3) is 10.9 Å². The van der Waals surface area contributed by atoms with Gasteiger partial charge in [0.15, 0.2) is 0 Å². The third-order valence-electron chi connectivity index (χ3n) is 2.83. The molecule has 2 aromatic heterocycles. The van der Waals surface area contributed by atoms with Gasteiger partial charge >= 0.3 is 0 Å². The highest BCUT2D eigenvalue weighted by Gasteiger charge is 1.99. The van der Waals surface area contributed by atoms with E-state index in [4.69, 9.17) is 0 Å². The topological polar surface area (TPSA) is 70.1 Å². The highest BCUT2D eigenvalue weighted by atomic mass is 16.1. The minimum atomic E-state index is -0.171. The van der Waals surface area contributed by atoms with Crippen LogP contribution in [0.1, 0.15) is 5.56 Å². The molecule has 3 rings (SSSR count). The van der Waals surface area contributed by atoms with Gasteiger partial charge in [-0.1, -0.05) is 24.3 Å². The average molecular weight is 264 g/mol. The summed E-state index contributed by atoms with van der Waals surface area (Å²) in [6.07, 6.45) is 3.15. The van der Waals surface area contributed by atoms with Crippen LogP contribution in [0, 0.1) is 0 Å². The Bertz CT molecular complexity index is 809. The molecule has 3 aromatic rings. The van der Waals surface area contributed by atoms with Gasteiger partial charge in [-0.25, -0.2) is 4.98 Å². The van der Waals surface area contributed by atoms with Crippen LogP contribution in [0.15, 0.2) is 64.6 Å². The molecule has 98 valence electrons. The second kappa shape index (κ2) is 5.36. The number of pyridine rings is 2. The fraction of sp³-hybridized carbons (Fsp3) is 0. The minimum absolute atomic E-state index is 0.171. The second-order valence-electron chi connectivity index (χ2n) is 4.23. The Morgan fingerprint density at radius 2 is 2.00 bits per heavy atom. The standard InChI is InChI=1S/C15H12N4O/c20-15-12(9-11-5-1-2-6-13(11)18-15)10-17-19-14-7-3-4-8-16-14/h1-10H,(H,16,19)(H,18,20)/b17-10+. The first kappa shape index (κ1) is 12.1. The SMILES string of the molecule is O=c1[nH]c2ccccc2cc1/C=N/Nc1ccccn1. The Kier molecular flexibility index (Phi) is 3.24. The Balaban J connectivity index is 1.87. The van der Waals surface area contributed by atoms with E-state index >= 15 is 0 Å². The van der Waals surface area contributed by atoms with Crippen LogP contribution in [0.3, 0.4) is 0 Å². The van der Waals surface area contributed by atoms with E-state index in [0.717, 1.165) is 10.9 Å². The molecule has 1 aromatic carbocycles. The van der Waals surface area contributed by atoms with Crippen LogP contribution in [0.5, 0.6) is 0 Å². The number of para-hydroxylation sites is 1. The van der Waals surface area contributed by atoms with Gasteiger partial charge < -0.3 is 4.98 Å². The molecule has 0 aliphatic carbocycles. The van der Waals surface area contributed by atoms with E-state index in [-0.39, 0.29) is 5.56 Å². The van der Waals surface area contributed by atoms with Crippen molar-refractivity contribution >= 4 is 22.9 Å². The summed E-state index contributed by atoms with van der Waals surface area (Å²) < 4.78 is 0. The maximum Gasteiger partial charge on any atom is 0.257 e. The lowest BCUT2D eigenvalue weighted by atomic mass is 10.2. The normalized spacial score (nSPS) is 11.0. The van der Waals surface area contributed by atoms with Gasteiger partial charge in [-0.15, -0.1) is 0 Å². The Hall–Kier alpha value is -2.95. The average Bonchev–Trinajstić information content (AvgIpc) is 2.49. The summed E-state index contributed by atoms with van der Waals surface area (Å²) >= 11 is 0. The molecule has 2 N–H and O–H groups in total. The lowest BCUT2D eigenvalue weighted by Gasteiger charge is -1.99. The molecule has 0 aliphatic heterocycles. The van der Waals surface area contributed by atoms with Crippen LogP contribution in [0.2, 0.25) is 0 Å². The lowest BCUT2D eigenvalue weighted by Crippen LogP contribution is -2.12. The Labute approximate surface area is 115 Å². The van der Waals surface area contributed by atoms with Gasteiger partial charge in [0.1, 0.15) is 5.82 Å². The van der Waals surface area contributed by atoms with Gasteiger partial charge in [0, 0.05) is 11.7 Å². The van der Waals surface area contributed by atoms with Crippen molar-refractivity contribution in [2.75, 3.05) is 5.43 Å². The van der Waals surface area contributed by atoms with Gasteiger partial charge in [0.25, 0.3) is 5.56 Å². The third-order valence-corrected chi connectivity index (χ3v) is 2.83. The molecule has 5 nitrogen and oxygen atoms in total. The first-order valence-electron chi connectivity index (χ1n) is 6.15. The summed E-state index contributed by atoms with van der Waals surface area (Å²) in [4.78, 5) is 18.8. The van der Waals surface area contributed by atoms with Crippen LogP contribution in [0.4, 0.5) is 5.82 Å². The zero-order valence-corrected chi connectivity index (χ0v) is 10.6. The number of nitrogens with zero attached hydrogens (tertiary/aromatic N) is 2. The molecule has 0 fully saturated rings. The van der Waals surface area contributed by atoms with E-state index in [1.54, 1.807) is 18.3 Å². The van der Waals surface area contributed by atoms with E-state index in [1.807, 2.05) is 36.4 Å². The largest absolute Gasteiger partial charge is 0.321 e. The number of hydrogen-bond acceptors (Lipinski definition) is 4. The molecule has 0 bridgehead atoms. The fourth-order valence-corrected chi connectivity index (χ4v) is 1.86. The molecule has 0 radical (unpaired) electrons. The predicted octanol–water partition coefficient (Wildman–Crippen LogP) is 2.37. The van der Waals surface area contributed by atoms with Gasteiger partial charge in [-0.05, 0) is 29.7 Å². The molecule has 2 heterocycles. The monoisotopic (exact) mass is 264 g/mol. The predicted molar refractivity (Wildman–Crippen MR) is 80.0 cm³/mol. The van der Waals surface area contributed by atoms with Crippen molar-refractivity contribution in [3.8, 4) is 0 Å². The molecular formula is C15H12N4O. The van der Waals surface area contributed by atoms with E-state index in [1.165, 1.54) is 6.21 Å². The van der Waals surface area contributed by atoms with Crippen molar-refractivity contribution in [3.05, 3.63) is 70.6 Å². The first-order valence-corrected chi connectivity index (χ1v) is 6.15. The summed E-state index contributed by atoms with van der Waals surface area (Å²) in [5.74, 6) is 0.626. The molecule has 0 unspecified atom stereocenters. The number of aromatic nitrogens is 2. The minimum Gasteiger partial charge on any atom is -0.321 e. The Morgan fingerprint density at radius 1 is 1.15 bits per heavy atom. The molecular weight excluding hydrogens is 252 g/mol. The van der Waals surface area contributed by atoms with Crippen molar-refractivity contribution in [2.45, 2.75) is 0 Å². The smallest absolute Gasteiger partial charge is 0.257 e. The van der Waals surface area contributed by atoms with Crippen molar-refractivity contribution in [1.82, 2.24) is 9.97 Å². The third kappa shape index (κ3) is 2.56. The molecule has 0 saturated carbocycles. The zero-order valence-electron chi connectivity index (χ0n) is 10.6. The van der Waals surface area contributed by atoms with E-state index in [2.05, 4.69) is 20.5 Å². The van der Waals surface area contributed by atoms with Gasteiger partial charge in [0.05, 0.1) is 11.8 Å². The summed E-state index contributed by atoms with van der Waals surface area (Å²) in [6.45, 7) is 0. The summed E-state index contributed by atoms with van der Waals surface area (Å²) in [6, 6.07) is 14.9. The molecule has 0 saturated heterocycles. The summed E-state index contributed by atoms with van der Waals surface area (Å²) in [5, 5.41) is 4.99. The first-order chi connectivity index (χ1) is 9.83. The number of aromatic amines is 1. The van der Waals surface area contributed by atoms with Gasteiger partial charge in [0.2, 0.25) is 0 Å². The number of rotatable bonds is 3. The highest BCUT2D eigenvalue weighted by Crippen LogP contribution is 2.09. The van der Waals surface area contributed by atoms with E-state index in [0.29, 0.717) is 11.4 Å². The van der Waals surface area contributed by atoms with Crippen molar-refractivity contribution in [2.24, 2.45) is 5.10 Å². The lowest BCUT2D eigenvalue weighted by molar-refractivity contribution is 1.22. The molecule has 5 heteroatoms. The number of fused-ring (bicyclic) bond motifs is 1. The van der Waals surface area contributed by atoms with Crippen molar-refractivity contribution < 1.29 is 0 Å². The number of hydrazone groups is 1. The number of nitrogens with one attached hydrogen (secondary N) is 2. The molecule has 20 heavy (non-hydrogen) atoms. The van der Waals surface area contributed by atoms with Gasteiger partial charge in [-0.3, -0.25) is 10.2 Å². The fourth-order valence-electron chi connectivity index (χ4n) is 1.86. The Morgan fingerprint density at radius 3 is 2.85 bits per heavy atom. The maximum absolute atomic E-state index is 11.9. The van der Waals surface area contributed by atoms with Crippen LogP contribution in [-0.2, 0) is 0 Å². The molecule has 0 amide bonds. The highest BCUT2D eigenvalue weighted by molar-refractivity contribution is 5.87. The number of H-pyrrole nitrogens is 1. The maximum atomic E-state index is 11.9. The molecule has 0 aliphatic rings. The van der Waals surface area contributed by atoms with E-state index < -0.39 is 0 Å². The number of hydrogen-bond donors (Lipinski definition) is 2. The van der Waals surface area contributed by atoms with Gasteiger partial charge in [-0.2, -0.15) is 5.10 Å². The number of anilines is 1. The van der Waals surface area contributed by atoms with Crippen LogP contribution in [-0.4, -0.2) is 16.2 Å². The van der Waals surface area contributed by atoms with Crippen molar-refractivity contribution in [3.63, 3.8) is 0 Å². The van der Waals surface area contributed by atoms with Crippen LogP contribution < -0.4 is 11.0 Å². The number of benzene rings is 1.